The number of nitrogens with one attached hydrogen (secondary N) is 1. The van der Waals surface area contributed by atoms with E-state index in [1.807, 2.05) is 0 Å². The molecule has 1 aliphatic carbocycles. The monoisotopic (exact) mass is 822 g/mol. The Bertz CT molecular complexity index is 1060. The molecule has 1 rings (SSSR count). The maximum absolute atomic E-state index is 12.9. The highest BCUT2D eigenvalue weighted by Gasteiger charge is 2.51. The standard InChI is InChI=1S/C42H80NO12P/c1-3-5-7-9-11-13-15-17-18-20-22-24-26-28-30-35(45)34(32-54-56(52,53)55-42-40(50)38(48)37(47)39(49)41(42)51)43-36(46)31-33(44)29-27-25-23-21-19-16-14-12-10-8-6-4-2/h20,22,28,30,33-35,37-42,44-45,47-51H,3-19,21,23-27,29,31-32H2,1-2H3,(H,43,46)(H,52,53)/b22-20+,30-28+. The second-order valence-corrected chi connectivity index (χ2v) is 17.1. The van der Waals surface area contributed by atoms with Crippen molar-refractivity contribution in [2.45, 2.75) is 229 Å². The van der Waals surface area contributed by atoms with Crippen molar-refractivity contribution in [1.82, 2.24) is 5.32 Å². The Labute approximate surface area is 337 Å². The minimum absolute atomic E-state index is 0.250. The van der Waals surface area contributed by atoms with Crippen molar-refractivity contribution in [3.63, 3.8) is 0 Å². The average molecular weight is 822 g/mol. The van der Waals surface area contributed by atoms with Crippen LogP contribution in [0.15, 0.2) is 24.3 Å². The van der Waals surface area contributed by atoms with Gasteiger partial charge in [-0.2, -0.15) is 0 Å². The van der Waals surface area contributed by atoms with E-state index in [9.17, 15) is 50.0 Å². The van der Waals surface area contributed by atoms with Gasteiger partial charge in [0.2, 0.25) is 5.91 Å². The second kappa shape index (κ2) is 32.6. The molecule has 1 aliphatic rings. The van der Waals surface area contributed by atoms with Gasteiger partial charge in [-0.1, -0.05) is 160 Å². The SMILES string of the molecule is CCCCCCCCCC/C=C/CC/C=C/C(O)C(COP(=O)(O)OC1C(O)C(O)C(O)C(O)C1O)NC(=O)CC(O)CCCCCCCCCCCCCC. The van der Waals surface area contributed by atoms with Crippen LogP contribution in [0, 0.1) is 0 Å². The first-order valence-electron chi connectivity index (χ1n) is 21.9. The van der Waals surface area contributed by atoms with E-state index in [1.54, 1.807) is 6.08 Å². The molecule has 0 bridgehead atoms. The number of hydrogen-bond acceptors (Lipinski definition) is 11. The van der Waals surface area contributed by atoms with Crippen molar-refractivity contribution in [1.29, 1.82) is 0 Å². The summed E-state index contributed by atoms with van der Waals surface area (Å²) in [5.74, 6) is -0.603. The number of aliphatic hydroxyl groups is 7. The Balaban J connectivity index is 2.63. The van der Waals surface area contributed by atoms with Gasteiger partial charge >= 0.3 is 7.82 Å². The molecule has 330 valence electrons. The Morgan fingerprint density at radius 2 is 1.05 bits per heavy atom. The molecule has 56 heavy (non-hydrogen) atoms. The normalized spacial score (nSPS) is 24.4. The maximum atomic E-state index is 12.9. The third-order valence-corrected chi connectivity index (χ3v) is 11.5. The molecule has 0 saturated heterocycles. The van der Waals surface area contributed by atoms with E-state index < -0.39 is 75.2 Å². The van der Waals surface area contributed by atoms with Gasteiger partial charge in [-0.3, -0.25) is 13.8 Å². The number of rotatable bonds is 35. The molecule has 8 atom stereocenters. The quantitative estimate of drug-likeness (QED) is 0.0192. The molecule has 0 radical (unpaired) electrons. The Morgan fingerprint density at radius 3 is 1.57 bits per heavy atom. The van der Waals surface area contributed by atoms with Crippen molar-refractivity contribution < 1.29 is 59.0 Å². The Hall–Kier alpha value is -1.22. The summed E-state index contributed by atoms with van der Waals surface area (Å²) >= 11 is 0. The van der Waals surface area contributed by atoms with Gasteiger partial charge in [-0.05, 0) is 32.1 Å². The van der Waals surface area contributed by atoms with Crippen molar-refractivity contribution in [2.75, 3.05) is 6.61 Å². The summed E-state index contributed by atoms with van der Waals surface area (Å²) in [7, 11) is -5.14. The fourth-order valence-corrected chi connectivity index (χ4v) is 7.87. The Morgan fingerprint density at radius 1 is 0.625 bits per heavy atom. The summed E-state index contributed by atoms with van der Waals surface area (Å²) in [6, 6.07) is -1.25. The maximum Gasteiger partial charge on any atom is 0.472 e. The lowest BCUT2D eigenvalue weighted by molar-refractivity contribution is -0.220. The molecule has 0 aromatic rings. The van der Waals surface area contributed by atoms with Gasteiger partial charge in [0.25, 0.3) is 0 Å². The molecule has 1 saturated carbocycles. The lowest BCUT2D eigenvalue weighted by Crippen LogP contribution is -2.64. The van der Waals surface area contributed by atoms with E-state index in [-0.39, 0.29) is 6.42 Å². The van der Waals surface area contributed by atoms with Gasteiger partial charge in [0.1, 0.15) is 36.6 Å². The molecule has 0 aromatic heterocycles. The van der Waals surface area contributed by atoms with Crippen LogP contribution in [-0.4, -0.2) is 108 Å². The largest absolute Gasteiger partial charge is 0.472 e. The molecular weight excluding hydrogens is 741 g/mol. The van der Waals surface area contributed by atoms with Crippen molar-refractivity contribution >= 4 is 13.7 Å². The topological polar surface area (TPSA) is 226 Å². The highest BCUT2D eigenvalue weighted by Crippen LogP contribution is 2.47. The van der Waals surface area contributed by atoms with E-state index in [0.29, 0.717) is 12.8 Å². The number of amides is 1. The predicted molar refractivity (Wildman–Crippen MR) is 220 cm³/mol. The fraction of sp³-hybridized carbons (Fsp3) is 0.881. The minimum Gasteiger partial charge on any atom is -0.393 e. The highest BCUT2D eigenvalue weighted by molar-refractivity contribution is 7.47. The Kier molecular flexibility index (Phi) is 30.7. The lowest BCUT2D eigenvalue weighted by Gasteiger charge is -2.41. The van der Waals surface area contributed by atoms with Crippen molar-refractivity contribution in [3.05, 3.63) is 24.3 Å². The smallest absolute Gasteiger partial charge is 0.393 e. The predicted octanol–water partition coefficient (Wildman–Crippen LogP) is 6.42. The highest BCUT2D eigenvalue weighted by atomic mass is 31.2. The van der Waals surface area contributed by atoms with Crippen LogP contribution < -0.4 is 5.32 Å². The number of allylic oxidation sites excluding steroid dienone is 3. The van der Waals surface area contributed by atoms with Gasteiger partial charge in [0, 0.05) is 0 Å². The summed E-state index contributed by atoms with van der Waals surface area (Å²) in [4.78, 5) is 23.3. The number of aliphatic hydroxyl groups excluding tert-OH is 7. The van der Waals surface area contributed by atoms with E-state index in [4.69, 9.17) is 9.05 Å². The molecule has 8 unspecified atom stereocenters. The van der Waals surface area contributed by atoms with Crippen LogP contribution in [0.3, 0.4) is 0 Å². The zero-order valence-corrected chi connectivity index (χ0v) is 35.4. The molecule has 13 nitrogen and oxygen atoms in total. The number of carbonyl (C=O) groups is 1. The first kappa shape index (κ1) is 52.8. The molecule has 0 aliphatic heterocycles. The molecule has 0 heterocycles. The number of phosphoric ester groups is 1. The van der Waals surface area contributed by atoms with Gasteiger partial charge in [-0.15, -0.1) is 0 Å². The van der Waals surface area contributed by atoms with Gasteiger partial charge < -0.3 is 46.0 Å². The number of carbonyl (C=O) groups excluding carboxylic acids is 1. The first-order chi connectivity index (χ1) is 26.8. The minimum atomic E-state index is -5.14. The number of unbranched alkanes of at least 4 members (excludes halogenated alkanes) is 20. The van der Waals surface area contributed by atoms with Gasteiger partial charge in [0.05, 0.1) is 31.3 Å². The van der Waals surface area contributed by atoms with Crippen LogP contribution in [-0.2, 0) is 18.4 Å². The summed E-state index contributed by atoms with van der Waals surface area (Å²) < 4.78 is 22.8. The molecule has 14 heteroatoms. The molecule has 0 spiro atoms. The molecule has 1 amide bonds. The molecule has 9 N–H and O–H groups in total. The lowest BCUT2D eigenvalue weighted by atomic mass is 9.85. The van der Waals surface area contributed by atoms with E-state index >= 15 is 0 Å². The summed E-state index contributed by atoms with van der Waals surface area (Å²) in [5, 5.41) is 74.2. The fourth-order valence-electron chi connectivity index (χ4n) is 6.90. The summed E-state index contributed by atoms with van der Waals surface area (Å²) in [6.07, 6.45) is 19.9. The van der Waals surface area contributed by atoms with Crippen LogP contribution >= 0.6 is 7.82 Å². The molecule has 0 aromatic carbocycles. The van der Waals surface area contributed by atoms with Crippen LogP contribution in [0.4, 0.5) is 0 Å². The van der Waals surface area contributed by atoms with Crippen LogP contribution in [0.5, 0.6) is 0 Å². The first-order valence-corrected chi connectivity index (χ1v) is 23.4. The average Bonchev–Trinajstić information content (AvgIpc) is 3.17. The third kappa shape index (κ3) is 24.6. The zero-order valence-electron chi connectivity index (χ0n) is 34.5. The number of hydrogen-bond donors (Lipinski definition) is 9. The molecule has 1 fully saturated rings. The van der Waals surface area contributed by atoms with Gasteiger partial charge in [0.15, 0.2) is 0 Å². The van der Waals surface area contributed by atoms with E-state index in [0.717, 1.165) is 44.9 Å². The third-order valence-electron chi connectivity index (χ3n) is 10.5. The van der Waals surface area contributed by atoms with E-state index in [2.05, 4.69) is 31.3 Å². The summed E-state index contributed by atoms with van der Waals surface area (Å²) in [5.41, 5.74) is 0. The van der Waals surface area contributed by atoms with Crippen molar-refractivity contribution in [3.8, 4) is 0 Å². The van der Waals surface area contributed by atoms with E-state index in [1.165, 1.54) is 102 Å². The van der Waals surface area contributed by atoms with Crippen LogP contribution in [0.25, 0.3) is 0 Å². The number of phosphoric acid groups is 1. The van der Waals surface area contributed by atoms with Crippen molar-refractivity contribution in [2.24, 2.45) is 0 Å². The second-order valence-electron chi connectivity index (χ2n) is 15.7. The zero-order chi connectivity index (χ0) is 41.6. The summed E-state index contributed by atoms with van der Waals surface area (Å²) in [6.45, 7) is 3.70. The van der Waals surface area contributed by atoms with Crippen LogP contribution in [0.2, 0.25) is 0 Å². The van der Waals surface area contributed by atoms with Gasteiger partial charge in [-0.25, -0.2) is 4.57 Å². The van der Waals surface area contributed by atoms with Crippen LogP contribution in [0.1, 0.15) is 174 Å². The molecular formula is C42H80NO12P.